The minimum atomic E-state index is -4.05. The highest BCUT2D eigenvalue weighted by Crippen LogP contribution is 2.35. The van der Waals surface area contributed by atoms with Gasteiger partial charge in [0.05, 0.1) is 23.5 Å². The maximum Gasteiger partial charge on any atom is 0.284 e. The third-order valence-electron chi connectivity index (χ3n) is 5.75. The van der Waals surface area contributed by atoms with Crippen LogP contribution in [0.5, 0.6) is 11.5 Å². The summed E-state index contributed by atoms with van der Waals surface area (Å²) in [5.41, 5.74) is 0.722. The molecule has 2 aromatic rings. The van der Waals surface area contributed by atoms with E-state index in [1.165, 1.54) is 60.9 Å². The molecule has 204 valence electrons. The van der Waals surface area contributed by atoms with Gasteiger partial charge in [0, 0.05) is 11.6 Å². The zero-order valence-corrected chi connectivity index (χ0v) is 24.1. The van der Waals surface area contributed by atoms with Crippen LogP contribution in [0.15, 0.2) is 69.3 Å². The van der Waals surface area contributed by atoms with Crippen LogP contribution in [0.2, 0.25) is 5.02 Å². The molecule has 1 fully saturated rings. The molecule has 0 saturated carbocycles. The van der Waals surface area contributed by atoms with Crippen LogP contribution in [-0.2, 0) is 14.8 Å². The first-order chi connectivity index (χ1) is 18.3. The highest BCUT2D eigenvalue weighted by molar-refractivity contribution is 8.19. The third kappa shape index (κ3) is 8.12. The summed E-state index contributed by atoms with van der Waals surface area (Å²) < 4.78 is 41.1. The predicted octanol–water partition coefficient (Wildman–Crippen LogP) is 6.94. The minimum absolute atomic E-state index is 0.0132. The standard InChI is InChI=1S/C28H33ClN2O5S2/c1-4-6-7-8-9-10-18-36-25-19-21(11-16-24(25)35-3)20-26-27(32)31(17-5-2)28(37-26)30-38(33,34)23-14-12-22(29)13-15-23/h5,11-16,19-20H,2,4,6-10,17-18H2,1,3H3/b26-20-,30-28?. The van der Waals surface area contributed by atoms with Gasteiger partial charge >= 0.3 is 0 Å². The van der Waals surface area contributed by atoms with Gasteiger partial charge in [0.25, 0.3) is 15.9 Å². The minimum Gasteiger partial charge on any atom is -0.493 e. The number of hydrogen-bond donors (Lipinski definition) is 0. The number of methoxy groups -OCH3 is 1. The first-order valence-electron chi connectivity index (χ1n) is 12.5. The largest absolute Gasteiger partial charge is 0.493 e. The SMILES string of the molecule is C=CCN1C(=O)/C(=C/c2ccc(OC)c(OCCCCCCCC)c2)SC1=NS(=O)(=O)c1ccc(Cl)cc1. The number of benzene rings is 2. The number of rotatable bonds is 14. The average molecular weight is 577 g/mol. The molecule has 1 aliphatic rings. The molecule has 0 radical (unpaired) electrons. The lowest BCUT2D eigenvalue weighted by Gasteiger charge is -2.12. The van der Waals surface area contributed by atoms with E-state index in [0.717, 1.165) is 30.2 Å². The van der Waals surface area contributed by atoms with E-state index in [4.69, 9.17) is 21.1 Å². The number of thioether (sulfide) groups is 1. The van der Waals surface area contributed by atoms with Gasteiger partial charge in [-0.3, -0.25) is 9.69 Å². The second-order valence-electron chi connectivity index (χ2n) is 8.64. The van der Waals surface area contributed by atoms with Gasteiger partial charge in [0.15, 0.2) is 16.7 Å². The summed E-state index contributed by atoms with van der Waals surface area (Å²) in [5.74, 6) is 0.839. The monoisotopic (exact) mass is 576 g/mol. The topological polar surface area (TPSA) is 85.3 Å². The molecule has 0 atom stereocenters. The number of carbonyl (C=O) groups excluding carboxylic acids is 1. The Kier molecular flexibility index (Phi) is 11.3. The molecule has 2 aromatic carbocycles. The number of carbonyl (C=O) groups is 1. The van der Waals surface area contributed by atoms with Crippen molar-refractivity contribution in [2.24, 2.45) is 4.40 Å². The Morgan fingerprint density at radius 1 is 1.05 bits per heavy atom. The van der Waals surface area contributed by atoms with Crippen molar-refractivity contribution < 1.29 is 22.7 Å². The van der Waals surface area contributed by atoms with Gasteiger partial charge in [-0.1, -0.05) is 62.8 Å². The van der Waals surface area contributed by atoms with Crippen molar-refractivity contribution >= 4 is 50.5 Å². The summed E-state index contributed by atoms with van der Waals surface area (Å²) in [7, 11) is -2.47. The summed E-state index contributed by atoms with van der Waals surface area (Å²) in [6, 6.07) is 11.1. The Labute approximate surface area is 234 Å². The summed E-state index contributed by atoms with van der Waals surface area (Å²) in [5, 5.41) is 0.472. The molecular formula is C28H33ClN2O5S2. The highest BCUT2D eigenvalue weighted by atomic mass is 35.5. The van der Waals surface area contributed by atoms with Gasteiger partial charge in [-0.15, -0.1) is 11.0 Å². The number of halogens is 1. The number of hydrogen-bond acceptors (Lipinski definition) is 6. The molecule has 0 aliphatic carbocycles. The molecule has 0 bridgehead atoms. The first-order valence-corrected chi connectivity index (χ1v) is 15.2. The zero-order chi connectivity index (χ0) is 27.5. The van der Waals surface area contributed by atoms with E-state index in [2.05, 4.69) is 17.9 Å². The van der Waals surface area contributed by atoms with Gasteiger partial charge in [-0.25, -0.2) is 0 Å². The Morgan fingerprint density at radius 3 is 2.45 bits per heavy atom. The maximum atomic E-state index is 13.1. The molecule has 0 spiro atoms. The van der Waals surface area contributed by atoms with Crippen LogP contribution in [-0.4, -0.2) is 44.7 Å². The number of ether oxygens (including phenoxy) is 2. The molecule has 10 heteroatoms. The molecule has 0 unspecified atom stereocenters. The van der Waals surface area contributed by atoms with Crippen LogP contribution in [0, 0.1) is 0 Å². The Bertz CT molecular complexity index is 1290. The van der Waals surface area contributed by atoms with Crippen molar-refractivity contribution in [3.8, 4) is 11.5 Å². The van der Waals surface area contributed by atoms with Crippen molar-refractivity contribution in [1.82, 2.24) is 4.90 Å². The summed E-state index contributed by atoms with van der Waals surface area (Å²) in [4.78, 5) is 14.8. The summed E-state index contributed by atoms with van der Waals surface area (Å²) in [6.07, 6.45) is 10.2. The lowest BCUT2D eigenvalue weighted by atomic mass is 10.1. The highest BCUT2D eigenvalue weighted by Gasteiger charge is 2.34. The molecule has 0 N–H and O–H groups in total. The van der Waals surface area contributed by atoms with Crippen molar-refractivity contribution in [2.75, 3.05) is 20.3 Å². The second kappa shape index (κ2) is 14.4. The molecule has 0 aromatic heterocycles. The van der Waals surface area contributed by atoms with Crippen molar-refractivity contribution in [3.63, 3.8) is 0 Å². The maximum absolute atomic E-state index is 13.1. The van der Waals surface area contributed by atoms with Gasteiger partial charge in [0.2, 0.25) is 0 Å². The van der Waals surface area contributed by atoms with Gasteiger partial charge in [-0.2, -0.15) is 8.42 Å². The van der Waals surface area contributed by atoms with E-state index in [0.29, 0.717) is 28.0 Å². The fourth-order valence-corrected chi connectivity index (χ4v) is 6.06. The first kappa shape index (κ1) is 29.8. The van der Waals surface area contributed by atoms with Gasteiger partial charge in [-0.05, 0) is 66.2 Å². The summed E-state index contributed by atoms with van der Waals surface area (Å²) >= 11 is 6.87. The molecule has 38 heavy (non-hydrogen) atoms. The number of unbranched alkanes of at least 4 members (excludes halogenated alkanes) is 5. The number of amidine groups is 1. The fourth-order valence-electron chi connectivity index (χ4n) is 3.74. The fraction of sp³-hybridized carbons (Fsp3) is 0.357. The molecule has 3 rings (SSSR count). The van der Waals surface area contributed by atoms with Crippen molar-refractivity contribution in [3.05, 3.63) is 70.6 Å². The molecule has 1 saturated heterocycles. The van der Waals surface area contributed by atoms with Crippen LogP contribution >= 0.6 is 23.4 Å². The van der Waals surface area contributed by atoms with Gasteiger partial charge < -0.3 is 9.47 Å². The number of sulfonamides is 1. The van der Waals surface area contributed by atoms with E-state index >= 15 is 0 Å². The van der Waals surface area contributed by atoms with Crippen LogP contribution in [0.1, 0.15) is 51.0 Å². The second-order valence-corrected chi connectivity index (χ2v) is 11.7. The Hall–Kier alpha value is -2.75. The molecule has 1 amide bonds. The van der Waals surface area contributed by atoms with Crippen LogP contribution in [0.4, 0.5) is 0 Å². The van der Waals surface area contributed by atoms with Gasteiger partial charge in [0.1, 0.15) is 0 Å². The lowest BCUT2D eigenvalue weighted by molar-refractivity contribution is -0.121. The van der Waals surface area contributed by atoms with E-state index in [1.54, 1.807) is 19.3 Å². The molecule has 1 aliphatic heterocycles. The molecule has 7 nitrogen and oxygen atoms in total. The van der Waals surface area contributed by atoms with Crippen molar-refractivity contribution in [2.45, 2.75) is 50.3 Å². The van der Waals surface area contributed by atoms with Crippen LogP contribution in [0.25, 0.3) is 6.08 Å². The Morgan fingerprint density at radius 2 is 1.76 bits per heavy atom. The normalized spacial score (nSPS) is 15.9. The molecular weight excluding hydrogens is 544 g/mol. The van der Waals surface area contributed by atoms with E-state index in [9.17, 15) is 13.2 Å². The van der Waals surface area contributed by atoms with Crippen LogP contribution in [0.3, 0.4) is 0 Å². The Balaban J connectivity index is 1.80. The third-order valence-corrected chi connectivity index (χ3v) is 8.41. The van der Waals surface area contributed by atoms with E-state index in [-0.39, 0.29) is 22.5 Å². The predicted molar refractivity (Wildman–Crippen MR) is 155 cm³/mol. The van der Waals surface area contributed by atoms with E-state index < -0.39 is 10.0 Å². The quantitative estimate of drug-likeness (QED) is 0.138. The summed E-state index contributed by atoms with van der Waals surface area (Å²) in [6.45, 7) is 6.57. The molecule has 1 heterocycles. The zero-order valence-electron chi connectivity index (χ0n) is 21.7. The number of nitrogens with zero attached hydrogens (tertiary/aromatic N) is 2. The average Bonchev–Trinajstić information content (AvgIpc) is 3.17. The van der Waals surface area contributed by atoms with Crippen molar-refractivity contribution in [1.29, 1.82) is 0 Å². The van der Waals surface area contributed by atoms with Crippen LogP contribution < -0.4 is 9.47 Å². The number of amides is 1. The smallest absolute Gasteiger partial charge is 0.284 e. The van der Waals surface area contributed by atoms with E-state index in [1.807, 2.05) is 12.1 Å². The lowest BCUT2D eigenvalue weighted by Crippen LogP contribution is -2.29.